The third-order valence-electron chi connectivity index (χ3n) is 4.17. The predicted octanol–water partition coefficient (Wildman–Crippen LogP) is 1.76. The summed E-state index contributed by atoms with van der Waals surface area (Å²) in [6.07, 6.45) is 2.96. The molecule has 1 aliphatic carbocycles. The Hall–Kier alpha value is -1.59. The van der Waals surface area contributed by atoms with Crippen molar-refractivity contribution < 1.29 is 19.0 Å². The monoisotopic (exact) mass is 291 g/mol. The van der Waals surface area contributed by atoms with Crippen LogP contribution in [0.3, 0.4) is 0 Å². The van der Waals surface area contributed by atoms with Gasteiger partial charge in [0.2, 0.25) is 0 Å². The van der Waals surface area contributed by atoms with Crippen LogP contribution in [0, 0.1) is 0 Å². The van der Waals surface area contributed by atoms with Crippen molar-refractivity contribution in [3.8, 4) is 5.75 Å². The van der Waals surface area contributed by atoms with E-state index in [1.165, 1.54) is 0 Å². The predicted molar refractivity (Wildman–Crippen MR) is 77.6 cm³/mol. The second-order valence-electron chi connectivity index (χ2n) is 5.50. The van der Waals surface area contributed by atoms with Gasteiger partial charge in [-0.1, -0.05) is 12.1 Å². The first-order valence-electron chi connectivity index (χ1n) is 7.45. The van der Waals surface area contributed by atoms with Gasteiger partial charge in [-0.25, -0.2) is 0 Å². The zero-order chi connectivity index (χ0) is 14.7. The summed E-state index contributed by atoms with van der Waals surface area (Å²) in [7, 11) is 1.57. The van der Waals surface area contributed by atoms with Gasteiger partial charge in [-0.2, -0.15) is 0 Å². The van der Waals surface area contributed by atoms with Crippen LogP contribution >= 0.6 is 0 Å². The number of methoxy groups -OCH3 is 1. The second-order valence-corrected chi connectivity index (χ2v) is 5.50. The van der Waals surface area contributed by atoms with Crippen LogP contribution in [-0.2, 0) is 9.47 Å². The van der Waals surface area contributed by atoms with Crippen molar-refractivity contribution >= 4 is 5.91 Å². The number of fused-ring (bicyclic) bond motifs is 1. The minimum Gasteiger partial charge on any atom is -0.496 e. The Labute approximate surface area is 124 Å². The summed E-state index contributed by atoms with van der Waals surface area (Å²) >= 11 is 0. The molecule has 21 heavy (non-hydrogen) atoms. The largest absolute Gasteiger partial charge is 0.496 e. The van der Waals surface area contributed by atoms with E-state index in [4.69, 9.17) is 14.2 Å². The maximum Gasteiger partial charge on any atom is 0.255 e. The van der Waals surface area contributed by atoms with Crippen molar-refractivity contribution in [3.63, 3.8) is 0 Å². The van der Waals surface area contributed by atoms with E-state index in [0.29, 0.717) is 24.5 Å². The smallest absolute Gasteiger partial charge is 0.255 e. The lowest BCUT2D eigenvalue weighted by atomic mass is 9.89. The number of benzene rings is 1. The molecule has 2 aliphatic rings. The highest BCUT2D eigenvalue weighted by Gasteiger charge is 2.34. The van der Waals surface area contributed by atoms with Crippen LogP contribution < -0.4 is 10.1 Å². The Balaban J connectivity index is 1.62. The van der Waals surface area contributed by atoms with Crippen LogP contribution in [0.2, 0.25) is 0 Å². The summed E-state index contributed by atoms with van der Waals surface area (Å²) in [5, 5.41) is 3.09. The third kappa shape index (κ3) is 3.19. The molecule has 0 unspecified atom stereocenters. The molecule has 1 aliphatic heterocycles. The molecule has 1 amide bonds. The highest BCUT2D eigenvalue weighted by Crippen LogP contribution is 2.27. The number of carbonyl (C=O) groups excluding carboxylic acids is 1. The van der Waals surface area contributed by atoms with Crippen LogP contribution in [-0.4, -0.2) is 44.5 Å². The van der Waals surface area contributed by atoms with Gasteiger partial charge in [-0.05, 0) is 31.4 Å². The Kier molecular flexibility index (Phi) is 4.41. The average molecular weight is 291 g/mol. The van der Waals surface area contributed by atoms with Gasteiger partial charge in [0.05, 0.1) is 38.1 Å². The fourth-order valence-corrected chi connectivity index (χ4v) is 3.09. The number of carbonyl (C=O) groups is 1. The molecule has 1 heterocycles. The summed E-state index contributed by atoms with van der Waals surface area (Å²) in [5.74, 6) is 0.508. The van der Waals surface area contributed by atoms with Crippen molar-refractivity contribution in [2.24, 2.45) is 0 Å². The summed E-state index contributed by atoms with van der Waals surface area (Å²) in [6, 6.07) is 7.40. The van der Waals surface area contributed by atoms with Gasteiger partial charge in [0.1, 0.15) is 5.75 Å². The molecule has 3 rings (SSSR count). The normalized spacial score (nSPS) is 28.5. The maximum absolute atomic E-state index is 12.4. The lowest BCUT2D eigenvalue weighted by Gasteiger charge is -2.39. The van der Waals surface area contributed by atoms with Crippen molar-refractivity contribution in [1.82, 2.24) is 5.32 Å². The van der Waals surface area contributed by atoms with Crippen LogP contribution in [0.4, 0.5) is 0 Å². The maximum atomic E-state index is 12.4. The Morgan fingerprint density at radius 3 is 2.76 bits per heavy atom. The molecule has 0 spiro atoms. The summed E-state index contributed by atoms with van der Waals surface area (Å²) in [5.41, 5.74) is 0.572. The SMILES string of the molecule is COc1ccccc1C(=O)N[C@@H]1CC[C@H]2OCCO[C@@H]2C1. The van der Waals surface area contributed by atoms with E-state index >= 15 is 0 Å². The molecule has 1 N–H and O–H groups in total. The third-order valence-corrected chi connectivity index (χ3v) is 4.17. The Bertz CT molecular complexity index is 505. The van der Waals surface area contributed by atoms with Crippen LogP contribution in [0.25, 0.3) is 0 Å². The molecule has 5 nitrogen and oxygen atoms in total. The van der Waals surface area contributed by atoms with E-state index in [-0.39, 0.29) is 24.2 Å². The average Bonchev–Trinajstić information content (AvgIpc) is 2.54. The van der Waals surface area contributed by atoms with Gasteiger partial charge in [-0.15, -0.1) is 0 Å². The van der Waals surface area contributed by atoms with Crippen molar-refractivity contribution in [2.75, 3.05) is 20.3 Å². The molecule has 0 radical (unpaired) electrons. The number of hydrogen-bond donors (Lipinski definition) is 1. The Morgan fingerprint density at radius 2 is 1.95 bits per heavy atom. The van der Waals surface area contributed by atoms with Crippen molar-refractivity contribution in [3.05, 3.63) is 29.8 Å². The highest BCUT2D eigenvalue weighted by atomic mass is 16.6. The molecular weight excluding hydrogens is 270 g/mol. The topological polar surface area (TPSA) is 56.8 Å². The first-order valence-corrected chi connectivity index (χ1v) is 7.45. The first-order chi connectivity index (χ1) is 10.3. The summed E-state index contributed by atoms with van der Waals surface area (Å²) in [4.78, 5) is 12.4. The molecule has 5 heteroatoms. The number of para-hydroxylation sites is 1. The zero-order valence-corrected chi connectivity index (χ0v) is 12.2. The lowest BCUT2D eigenvalue weighted by molar-refractivity contribution is -0.157. The minimum absolute atomic E-state index is 0.0902. The quantitative estimate of drug-likeness (QED) is 0.922. The molecular formula is C16H21NO4. The fourth-order valence-electron chi connectivity index (χ4n) is 3.09. The van der Waals surface area contributed by atoms with Gasteiger partial charge in [0, 0.05) is 6.04 Å². The molecule has 0 aromatic heterocycles. The second kappa shape index (κ2) is 6.45. The van der Waals surface area contributed by atoms with Gasteiger partial charge in [0.25, 0.3) is 5.91 Å². The number of ether oxygens (including phenoxy) is 3. The van der Waals surface area contributed by atoms with E-state index in [0.717, 1.165) is 19.3 Å². The fraction of sp³-hybridized carbons (Fsp3) is 0.562. The van der Waals surface area contributed by atoms with Gasteiger partial charge in [0.15, 0.2) is 0 Å². The molecule has 114 valence electrons. The highest BCUT2D eigenvalue weighted by molar-refractivity contribution is 5.97. The molecule has 1 saturated carbocycles. The molecule has 1 aromatic carbocycles. The van der Waals surface area contributed by atoms with E-state index < -0.39 is 0 Å². The van der Waals surface area contributed by atoms with Gasteiger partial charge >= 0.3 is 0 Å². The standard InChI is InChI=1S/C16H21NO4/c1-19-13-5-3-2-4-12(13)16(18)17-11-6-7-14-15(10-11)21-9-8-20-14/h2-5,11,14-15H,6-10H2,1H3,(H,17,18)/t11-,14-,15-/m1/s1. The molecule has 0 bridgehead atoms. The van der Waals surface area contributed by atoms with Crippen molar-refractivity contribution in [2.45, 2.75) is 37.5 Å². The van der Waals surface area contributed by atoms with Crippen LogP contribution in [0.15, 0.2) is 24.3 Å². The van der Waals surface area contributed by atoms with E-state index in [2.05, 4.69) is 5.32 Å². The molecule has 3 atom stereocenters. The van der Waals surface area contributed by atoms with E-state index in [9.17, 15) is 4.79 Å². The van der Waals surface area contributed by atoms with Crippen LogP contribution in [0.5, 0.6) is 5.75 Å². The number of rotatable bonds is 3. The van der Waals surface area contributed by atoms with E-state index in [1.807, 2.05) is 12.1 Å². The summed E-state index contributed by atoms with van der Waals surface area (Å²) in [6.45, 7) is 1.33. The molecule has 1 saturated heterocycles. The van der Waals surface area contributed by atoms with Crippen molar-refractivity contribution in [1.29, 1.82) is 0 Å². The first kappa shape index (κ1) is 14.4. The number of amides is 1. The van der Waals surface area contributed by atoms with Crippen LogP contribution in [0.1, 0.15) is 29.6 Å². The number of hydrogen-bond acceptors (Lipinski definition) is 4. The Morgan fingerprint density at radius 1 is 1.19 bits per heavy atom. The van der Waals surface area contributed by atoms with Gasteiger partial charge in [-0.3, -0.25) is 4.79 Å². The lowest BCUT2D eigenvalue weighted by Crippen LogP contribution is -2.49. The molecule has 1 aromatic rings. The number of nitrogens with one attached hydrogen (secondary N) is 1. The summed E-state index contributed by atoms with van der Waals surface area (Å²) < 4.78 is 16.7. The molecule has 2 fully saturated rings. The minimum atomic E-state index is -0.0902. The van der Waals surface area contributed by atoms with Gasteiger partial charge < -0.3 is 19.5 Å². The zero-order valence-electron chi connectivity index (χ0n) is 12.2. The van der Waals surface area contributed by atoms with E-state index in [1.54, 1.807) is 19.2 Å².